The van der Waals surface area contributed by atoms with Crippen LogP contribution in [0.3, 0.4) is 0 Å². The molecule has 7 nitrogen and oxygen atoms in total. The first-order chi connectivity index (χ1) is 12.8. The topological polar surface area (TPSA) is 84.0 Å². The van der Waals surface area contributed by atoms with Gasteiger partial charge in [0, 0.05) is 30.1 Å². The molecule has 2 aliphatic rings. The van der Waals surface area contributed by atoms with Crippen LogP contribution in [0, 0.1) is 0 Å². The van der Waals surface area contributed by atoms with Crippen LogP contribution in [-0.4, -0.2) is 83.0 Å². The summed E-state index contributed by atoms with van der Waals surface area (Å²) in [6.07, 6.45) is 1.02. The van der Waals surface area contributed by atoms with Crippen LogP contribution in [0.5, 0.6) is 0 Å². The predicted octanol–water partition coefficient (Wildman–Crippen LogP) is 1.35. The zero-order valence-electron chi connectivity index (χ0n) is 15.1. The second-order valence-electron chi connectivity index (χ2n) is 6.93. The van der Waals surface area contributed by atoms with Crippen LogP contribution < -0.4 is 0 Å². The van der Waals surface area contributed by atoms with Gasteiger partial charge in [0.25, 0.3) is 0 Å². The van der Waals surface area contributed by atoms with Crippen LogP contribution in [0.15, 0.2) is 33.6 Å². The number of hydrogen-bond acceptors (Lipinski definition) is 6. The predicted molar refractivity (Wildman–Crippen MR) is 107 cm³/mol. The Morgan fingerprint density at radius 2 is 1.85 bits per heavy atom. The molecule has 0 bridgehead atoms. The SMILES string of the molecule is O=S1(=O)CCC(N(CCCN2CCOCC2)S(=O)(=O)c2ccc(Br)cc2)C1. The van der Waals surface area contributed by atoms with Crippen LogP contribution in [0.4, 0.5) is 0 Å². The average molecular weight is 481 g/mol. The summed E-state index contributed by atoms with van der Waals surface area (Å²) in [6.45, 7) is 4.17. The third-order valence-electron chi connectivity index (χ3n) is 4.99. The van der Waals surface area contributed by atoms with Crippen LogP contribution in [0.1, 0.15) is 12.8 Å². The summed E-state index contributed by atoms with van der Waals surface area (Å²) in [5.41, 5.74) is 0. The summed E-state index contributed by atoms with van der Waals surface area (Å²) in [5, 5.41) is 0. The fraction of sp³-hybridized carbons (Fsp3) is 0.647. The van der Waals surface area contributed by atoms with Crippen molar-refractivity contribution in [2.45, 2.75) is 23.8 Å². The number of nitrogens with zero attached hydrogens (tertiary/aromatic N) is 2. The Labute approximate surface area is 169 Å². The summed E-state index contributed by atoms with van der Waals surface area (Å²) < 4.78 is 57.8. The Hall–Kier alpha value is -0.520. The number of sulfonamides is 1. The quantitative estimate of drug-likeness (QED) is 0.585. The lowest BCUT2D eigenvalue weighted by Gasteiger charge is -2.30. The minimum atomic E-state index is -3.75. The number of hydrogen-bond donors (Lipinski definition) is 0. The van der Waals surface area contributed by atoms with Gasteiger partial charge in [0.1, 0.15) is 0 Å². The van der Waals surface area contributed by atoms with Crippen molar-refractivity contribution in [1.82, 2.24) is 9.21 Å². The molecule has 0 saturated carbocycles. The van der Waals surface area contributed by atoms with Gasteiger partial charge in [-0.3, -0.25) is 4.90 Å². The molecule has 1 aromatic rings. The Balaban J connectivity index is 1.75. The van der Waals surface area contributed by atoms with E-state index in [1.54, 1.807) is 24.3 Å². The fourth-order valence-electron chi connectivity index (χ4n) is 3.52. The summed E-state index contributed by atoms with van der Waals surface area (Å²) in [5.74, 6) is -0.0478. The monoisotopic (exact) mass is 480 g/mol. The molecule has 0 amide bonds. The van der Waals surface area contributed by atoms with Crippen molar-refractivity contribution in [3.63, 3.8) is 0 Å². The van der Waals surface area contributed by atoms with Crippen LogP contribution in [-0.2, 0) is 24.6 Å². The second kappa shape index (κ2) is 8.87. The highest BCUT2D eigenvalue weighted by Crippen LogP contribution is 2.26. The first kappa shape index (κ1) is 21.2. The minimum absolute atomic E-state index is 0.0491. The molecule has 152 valence electrons. The van der Waals surface area contributed by atoms with Gasteiger partial charge >= 0.3 is 0 Å². The normalized spacial score (nSPS) is 23.7. The summed E-state index contributed by atoms with van der Waals surface area (Å²) >= 11 is 3.31. The molecule has 1 aromatic carbocycles. The third kappa shape index (κ3) is 5.51. The smallest absolute Gasteiger partial charge is 0.243 e. The Kier molecular flexibility index (Phi) is 6.97. The number of rotatable bonds is 7. The van der Waals surface area contributed by atoms with Crippen LogP contribution >= 0.6 is 15.9 Å². The standard InChI is InChI=1S/C17H25BrN2O5S2/c18-15-2-4-17(5-3-15)27(23,24)20(16-6-13-26(21,22)14-16)8-1-7-19-9-11-25-12-10-19/h2-5,16H,1,6-14H2. The maximum absolute atomic E-state index is 13.2. The molecule has 27 heavy (non-hydrogen) atoms. The van der Waals surface area contributed by atoms with Gasteiger partial charge in [-0.15, -0.1) is 0 Å². The van der Waals surface area contributed by atoms with Crippen molar-refractivity contribution in [3.05, 3.63) is 28.7 Å². The third-order valence-corrected chi connectivity index (χ3v) is 9.24. The number of sulfone groups is 1. The maximum Gasteiger partial charge on any atom is 0.243 e. The molecule has 0 aromatic heterocycles. The number of benzene rings is 1. The molecule has 1 unspecified atom stereocenters. The second-order valence-corrected chi connectivity index (χ2v) is 12.0. The van der Waals surface area contributed by atoms with E-state index in [9.17, 15) is 16.8 Å². The molecule has 2 saturated heterocycles. The summed E-state index contributed by atoms with van der Waals surface area (Å²) in [4.78, 5) is 2.45. The first-order valence-corrected chi connectivity index (χ1v) is 13.1. The van der Waals surface area contributed by atoms with Crippen molar-refractivity contribution < 1.29 is 21.6 Å². The molecule has 2 aliphatic heterocycles. The van der Waals surface area contributed by atoms with Crippen molar-refractivity contribution in [1.29, 1.82) is 0 Å². The van der Waals surface area contributed by atoms with Gasteiger partial charge in [-0.1, -0.05) is 15.9 Å². The zero-order chi connectivity index (χ0) is 19.5. The molecule has 3 rings (SSSR count). The highest BCUT2D eigenvalue weighted by atomic mass is 79.9. The van der Waals surface area contributed by atoms with E-state index in [0.717, 1.165) is 24.1 Å². The lowest BCUT2D eigenvalue weighted by atomic mass is 10.2. The van der Waals surface area contributed by atoms with Crippen molar-refractivity contribution >= 4 is 35.8 Å². The van der Waals surface area contributed by atoms with E-state index in [1.165, 1.54) is 4.31 Å². The van der Waals surface area contributed by atoms with E-state index in [2.05, 4.69) is 20.8 Å². The Bertz CT molecular complexity index is 837. The van der Waals surface area contributed by atoms with Gasteiger partial charge in [0.15, 0.2) is 9.84 Å². The van der Waals surface area contributed by atoms with Crippen LogP contribution in [0.25, 0.3) is 0 Å². The fourth-order valence-corrected chi connectivity index (χ4v) is 7.30. The van der Waals surface area contributed by atoms with Gasteiger partial charge in [0.2, 0.25) is 10.0 Å². The van der Waals surface area contributed by atoms with Crippen LogP contribution in [0.2, 0.25) is 0 Å². The lowest BCUT2D eigenvalue weighted by Crippen LogP contribution is -2.43. The molecule has 0 spiro atoms. The number of ether oxygens (including phenoxy) is 1. The minimum Gasteiger partial charge on any atom is -0.379 e. The molecular formula is C17H25BrN2O5S2. The summed E-state index contributed by atoms with van der Waals surface area (Å²) in [7, 11) is -6.93. The molecule has 2 fully saturated rings. The van der Waals surface area contributed by atoms with Gasteiger partial charge in [-0.25, -0.2) is 16.8 Å². The van der Waals surface area contributed by atoms with E-state index in [-0.39, 0.29) is 16.4 Å². The van der Waals surface area contributed by atoms with Crippen molar-refractivity contribution in [2.75, 3.05) is 50.9 Å². The van der Waals surface area contributed by atoms with Crippen molar-refractivity contribution in [2.24, 2.45) is 0 Å². The van der Waals surface area contributed by atoms with E-state index >= 15 is 0 Å². The van der Waals surface area contributed by atoms with Gasteiger partial charge in [-0.05, 0) is 43.7 Å². The van der Waals surface area contributed by atoms with Gasteiger partial charge in [-0.2, -0.15) is 4.31 Å². The van der Waals surface area contributed by atoms with E-state index in [0.29, 0.717) is 32.6 Å². The molecule has 2 heterocycles. The van der Waals surface area contributed by atoms with E-state index in [4.69, 9.17) is 4.74 Å². The van der Waals surface area contributed by atoms with E-state index in [1.807, 2.05) is 0 Å². The highest BCUT2D eigenvalue weighted by molar-refractivity contribution is 9.10. The molecule has 0 N–H and O–H groups in total. The first-order valence-electron chi connectivity index (χ1n) is 9.06. The molecular weight excluding hydrogens is 456 g/mol. The van der Waals surface area contributed by atoms with Crippen molar-refractivity contribution in [3.8, 4) is 0 Å². The Morgan fingerprint density at radius 3 is 2.44 bits per heavy atom. The largest absolute Gasteiger partial charge is 0.379 e. The molecule has 10 heteroatoms. The molecule has 1 atom stereocenters. The molecule has 0 radical (unpaired) electrons. The average Bonchev–Trinajstić information content (AvgIpc) is 2.99. The highest BCUT2D eigenvalue weighted by Gasteiger charge is 2.38. The Morgan fingerprint density at radius 1 is 1.19 bits per heavy atom. The zero-order valence-corrected chi connectivity index (χ0v) is 18.3. The van der Waals surface area contributed by atoms with E-state index < -0.39 is 25.9 Å². The number of morpholine rings is 1. The van der Waals surface area contributed by atoms with Gasteiger partial charge < -0.3 is 4.74 Å². The van der Waals surface area contributed by atoms with Gasteiger partial charge in [0.05, 0.1) is 29.6 Å². The number of halogens is 1. The summed E-state index contributed by atoms with van der Waals surface area (Å²) in [6, 6.07) is 5.98. The lowest BCUT2D eigenvalue weighted by molar-refractivity contribution is 0.0367. The maximum atomic E-state index is 13.2. The molecule has 0 aliphatic carbocycles.